The second-order valence-electron chi connectivity index (χ2n) is 5.48. The van der Waals surface area contributed by atoms with E-state index in [4.69, 9.17) is 0 Å². The zero-order valence-electron chi connectivity index (χ0n) is 12.7. The van der Waals surface area contributed by atoms with Crippen molar-refractivity contribution in [3.8, 4) is 0 Å². The Kier molecular flexibility index (Phi) is 4.06. The fourth-order valence-corrected chi connectivity index (χ4v) is 2.69. The molecular weight excluding hydrogens is 297 g/mol. The van der Waals surface area contributed by atoms with Gasteiger partial charge in [0.25, 0.3) is 5.91 Å². The normalized spacial score (nSPS) is 13.4. The molecule has 118 valence electrons. The third kappa shape index (κ3) is 3.21. The van der Waals surface area contributed by atoms with Crippen LogP contribution >= 0.6 is 0 Å². The third-order valence-electron chi connectivity index (χ3n) is 3.93. The standard InChI is InChI=1S/C17H16FN3O2/c1-11(22)21-7-6-15-12(10-21)8-19-9-16(15)17(23)20-14-4-2-13(18)3-5-14/h2-5,8-9H,6-7,10H2,1H3,(H,20,23). The quantitative estimate of drug-likeness (QED) is 0.926. The van der Waals surface area contributed by atoms with E-state index in [0.717, 1.165) is 11.1 Å². The SMILES string of the molecule is CC(=O)N1CCc2c(cncc2C(=O)Nc2ccc(F)cc2)C1. The first-order valence-corrected chi connectivity index (χ1v) is 7.33. The zero-order chi connectivity index (χ0) is 16.4. The number of nitrogens with one attached hydrogen (secondary N) is 1. The van der Waals surface area contributed by atoms with Gasteiger partial charge in [0.05, 0.1) is 5.56 Å². The summed E-state index contributed by atoms with van der Waals surface area (Å²) in [4.78, 5) is 29.8. The molecule has 1 aliphatic rings. The molecule has 1 aromatic carbocycles. The molecule has 0 fully saturated rings. The minimum atomic E-state index is -0.355. The van der Waals surface area contributed by atoms with E-state index in [2.05, 4.69) is 10.3 Å². The van der Waals surface area contributed by atoms with Crippen LogP contribution in [-0.4, -0.2) is 28.2 Å². The Balaban J connectivity index is 1.83. The molecule has 23 heavy (non-hydrogen) atoms. The van der Waals surface area contributed by atoms with Crippen molar-refractivity contribution in [2.45, 2.75) is 19.9 Å². The molecule has 2 heterocycles. The van der Waals surface area contributed by atoms with Gasteiger partial charge in [-0.25, -0.2) is 4.39 Å². The van der Waals surface area contributed by atoms with Gasteiger partial charge in [0.15, 0.2) is 0 Å². The van der Waals surface area contributed by atoms with Crippen molar-refractivity contribution >= 4 is 17.5 Å². The largest absolute Gasteiger partial charge is 0.338 e. The number of nitrogens with zero attached hydrogens (tertiary/aromatic N) is 2. The fourth-order valence-electron chi connectivity index (χ4n) is 2.69. The minimum Gasteiger partial charge on any atom is -0.338 e. The highest BCUT2D eigenvalue weighted by atomic mass is 19.1. The van der Waals surface area contributed by atoms with Crippen LogP contribution in [0.3, 0.4) is 0 Å². The van der Waals surface area contributed by atoms with Crippen molar-refractivity contribution in [2.24, 2.45) is 0 Å². The van der Waals surface area contributed by atoms with E-state index in [0.29, 0.717) is 30.8 Å². The molecule has 1 aromatic heterocycles. The highest BCUT2D eigenvalue weighted by molar-refractivity contribution is 6.05. The number of carbonyl (C=O) groups is 2. The molecule has 2 amide bonds. The number of rotatable bonds is 2. The predicted molar refractivity (Wildman–Crippen MR) is 83.4 cm³/mol. The Labute approximate surface area is 133 Å². The topological polar surface area (TPSA) is 62.3 Å². The van der Waals surface area contributed by atoms with Gasteiger partial charge in [-0.05, 0) is 41.8 Å². The number of amides is 2. The van der Waals surface area contributed by atoms with Crippen LogP contribution in [0.4, 0.5) is 10.1 Å². The maximum atomic E-state index is 12.9. The van der Waals surface area contributed by atoms with Crippen LogP contribution in [0.2, 0.25) is 0 Å². The van der Waals surface area contributed by atoms with E-state index in [1.165, 1.54) is 37.4 Å². The summed E-state index contributed by atoms with van der Waals surface area (Å²) in [5.41, 5.74) is 2.82. The first-order chi connectivity index (χ1) is 11.0. The average molecular weight is 313 g/mol. The Hall–Kier alpha value is -2.76. The number of carbonyl (C=O) groups excluding carboxylic acids is 2. The van der Waals surface area contributed by atoms with Crippen molar-refractivity contribution in [3.05, 3.63) is 59.2 Å². The van der Waals surface area contributed by atoms with Gasteiger partial charge in [-0.1, -0.05) is 0 Å². The van der Waals surface area contributed by atoms with Crippen LogP contribution < -0.4 is 5.32 Å². The summed E-state index contributed by atoms with van der Waals surface area (Å²) in [6.45, 7) is 2.59. The molecule has 6 heteroatoms. The lowest BCUT2D eigenvalue weighted by molar-refractivity contribution is -0.129. The van der Waals surface area contributed by atoms with E-state index in [-0.39, 0.29) is 17.6 Å². The van der Waals surface area contributed by atoms with Crippen LogP contribution in [0.15, 0.2) is 36.7 Å². The van der Waals surface area contributed by atoms with E-state index in [9.17, 15) is 14.0 Å². The second-order valence-corrected chi connectivity index (χ2v) is 5.48. The van der Waals surface area contributed by atoms with Crippen LogP contribution in [0.1, 0.15) is 28.4 Å². The average Bonchev–Trinajstić information content (AvgIpc) is 2.55. The number of fused-ring (bicyclic) bond motifs is 1. The zero-order valence-corrected chi connectivity index (χ0v) is 12.7. The first-order valence-electron chi connectivity index (χ1n) is 7.33. The Morgan fingerprint density at radius 2 is 1.96 bits per heavy atom. The molecule has 0 atom stereocenters. The maximum absolute atomic E-state index is 12.9. The molecular formula is C17H16FN3O2. The monoisotopic (exact) mass is 313 g/mol. The molecule has 5 nitrogen and oxygen atoms in total. The molecule has 0 aliphatic carbocycles. The van der Waals surface area contributed by atoms with Crippen LogP contribution in [0.5, 0.6) is 0 Å². The minimum absolute atomic E-state index is 0.0109. The molecule has 1 N–H and O–H groups in total. The fraction of sp³-hybridized carbons (Fsp3) is 0.235. The summed E-state index contributed by atoms with van der Waals surface area (Å²) >= 11 is 0. The number of hydrogen-bond acceptors (Lipinski definition) is 3. The Morgan fingerprint density at radius 1 is 1.22 bits per heavy atom. The van der Waals surface area contributed by atoms with E-state index in [1.807, 2.05) is 0 Å². The molecule has 3 rings (SSSR count). The summed E-state index contributed by atoms with van der Waals surface area (Å²) in [6.07, 6.45) is 3.84. The second kappa shape index (κ2) is 6.16. The number of benzene rings is 1. The summed E-state index contributed by atoms with van der Waals surface area (Å²) in [5, 5.41) is 2.74. The predicted octanol–water partition coefficient (Wildman–Crippen LogP) is 2.38. The van der Waals surface area contributed by atoms with Crippen LogP contribution in [-0.2, 0) is 17.8 Å². The summed E-state index contributed by atoms with van der Waals surface area (Å²) in [6, 6.07) is 5.60. The van der Waals surface area contributed by atoms with Gasteiger partial charge < -0.3 is 10.2 Å². The van der Waals surface area contributed by atoms with Crippen LogP contribution in [0, 0.1) is 5.82 Å². The molecule has 0 spiro atoms. The van der Waals surface area contributed by atoms with Gasteiger partial charge in [0.1, 0.15) is 5.82 Å². The summed E-state index contributed by atoms with van der Waals surface area (Å²) in [5.74, 6) is -0.625. The number of halogens is 1. The van der Waals surface area contributed by atoms with Crippen molar-refractivity contribution < 1.29 is 14.0 Å². The van der Waals surface area contributed by atoms with E-state index < -0.39 is 0 Å². The number of hydrogen-bond donors (Lipinski definition) is 1. The van der Waals surface area contributed by atoms with Crippen molar-refractivity contribution in [1.82, 2.24) is 9.88 Å². The van der Waals surface area contributed by atoms with Crippen LogP contribution in [0.25, 0.3) is 0 Å². The maximum Gasteiger partial charge on any atom is 0.257 e. The number of anilines is 1. The highest BCUT2D eigenvalue weighted by Gasteiger charge is 2.23. The molecule has 0 saturated carbocycles. The molecule has 0 radical (unpaired) electrons. The van der Waals surface area contributed by atoms with Gasteiger partial charge in [-0.3, -0.25) is 14.6 Å². The van der Waals surface area contributed by atoms with Gasteiger partial charge in [-0.15, -0.1) is 0 Å². The van der Waals surface area contributed by atoms with Gasteiger partial charge in [0.2, 0.25) is 5.91 Å². The molecule has 0 unspecified atom stereocenters. The first kappa shape index (κ1) is 15.1. The van der Waals surface area contributed by atoms with Crippen molar-refractivity contribution in [2.75, 3.05) is 11.9 Å². The molecule has 1 aliphatic heterocycles. The summed E-state index contributed by atoms with van der Waals surface area (Å²) < 4.78 is 12.9. The smallest absolute Gasteiger partial charge is 0.257 e. The van der Waals surface area contributed by atoms with Gasteiger partial charge >= 0.3 is 0 Å². The van der Waals surface area contributed by atoms with E-state index >= 15 is 0 Å². The van der Waals surface area contributed by atoms with E-state index in [1.54, 1.807) is 11.1 Å². The lowest BCUT2D eigenvalue weighted by Crippen LogP contribution is -2.35. The summed E-state index contributed by atoms with van der Waals surface area (Å²) in [7, 11) is 0. The van der Waals surface area contributed by atoms with Gasteiger partial charge in [-0.2, -0.15) is 0 Å². The molecule has 0 bridgehead atoms. The molecule has 2 aromatic rings. The third-order valence-corrected chi connectivity index (χ3v) is 3.93. The number of aromatic nitrogens is 1. The van der Waals surface area contributed by atoms with Crippen molar-refractivity contribution in [3.63, 3.8) is 0 Å². The molecule has 0 saturated heterocycles. The highest BCUT2D eigenvalue weighted by Crippen LogP contribution is 2.22. The van der Waals surface area contributed by atoms with Gasteiger partial charge in [0, 0.05) is 38.1 Å². The Bertz CT molecular complexity index is 759. The number of pyridine rings is 1. The van der Waals surface area contributed by atoms with Crippen molar-refractivity contribution in [1.29, 1.82) is 0 Å². The lowest BCUT2D eigenvalue weighted by atomic mass is 9.96. The lowest BCUT2D eigenvalue weighted by Gasteiger charge is -2.28. The Morgan fingerprint density at radius 3 is 2.65 bits per heavy atom.